The average molecular weight is 421 g/mol. The molecule has 1 aliphatic rings. The number of hydrogen-bond acceptors (Lipinski definition) is 5. The van der Waals surface area contributed by atoms with Crippen LogP contribution in [0.4, 0.5) is 23.5 Å². The molecule has 10 heteroatoms. The molecule has 3 aromatic rings. The SMILES string of the molecule is CC.Nc1nc(-c2ccco2)c2ncn(CC3=CCC=C(C(F)(F)F)C=C3F)c2n1. The van der Waals surface area contributed by atoms with Crippen molar-refractivity contribution >= 4 is 17.1 Å². The first-order valence-corrected chi connectivity index (χ1v) is 9.19. The zero-order valence-electron chi connectivity index (χ0n) is 16.2. The van der Waals surface area contributed by atoms with E-state index in [9.17, 15) is 17.6 Å². The van der Waals surface area contributed by atoms with E-state index in [1.807, 2.05) is 13.8 Å². The number of imidazole rings is 1. The van der Waals surface area contributed by atoms with Gasteiger partial charge in [0.15, 0.2) is 11.4 Å². The lowest BCUT2D eigenvalue weighted by atomic mass is 10.2. The molecule has 0 radical (unpaired) electrons. The Balaban J connectivity index is 0.00000124. The van der Waals surface area contributed by atoms with Gasteiger partial charge in [0.25, 0.3) is 0 Å². The highest BCUT2D eigenvalue weighted by atomic mass is 19.4. The smallest absolute Gasteiger partial charge is 0.416 e. The quantitative estimate of drug-likeness (QED) is 0.575. The van der Waals surface area contributed by atoms with E-state index in [1.165, 1.54) is 23.2 Å². The highest BCUT2D eigenvalue weighted by Gasteiger charge is 2.33. The summed E-state index contributed by atoms with van der Waals surface area (Å²) in [5.74, 6) is -0.563. The van der Waals surface area contributed by atoms with Gasteiger partial charge in [-0.15, -0.1) is 0 Å². The first kappa shape index (κ1) is 21.3. The number of rotatable bonds is 3. The Labute approximate surface area is 169 Å². The third-order valence-corrected chi connectivity index (χ3v) is 4.19. The number of furan rings is 1. The van der Waals surface area contributed by atoms with Crippen LogP contribution in [0.5, 0.6) is 0 Å². The van der Waals surface area contributed by atoms with E-state index in [-0.39, 0.29) is 24.5 Å². The molecule has 0 atom stereocenters. The molecule has 3 aromatic heterocycles. The first-order chi connectivity index (χ1) is 14.3. The van der Waals surface area contributed by atoms with E-state index >= 15 is 0 Å². The Morgan fingerprint density at radius 1 is 1.20 bits per heavy atom. The number of nitrogens with two attached hydrogens (primary N) is 1. The Hall–Kier alpha value is -3.43. The van der Waals surface area contributed by atoms with Gasteiger partial charge in [-0.2, -0.15) is 18.2 Å². The number of anilines is 1. The van der Waals surface area contributed by atoms with E-state index in [0.717, 1.165) is 6.08 Å². The van der Waals surface area contributed by atoms with Crippen LogP contribution in [-0.4, -0.2) is 25.7 Å². The van der Waals surface area contributed by atoms with Gasteiger partial charge in [0.2, 0.25) is 5.95 Å². The van der Waals surface area contributed by atoms with E-state index < -0.39 is 17.6 Å². The maximum atomic E-state index is 14.4. The van der Waals surface area contributed by atoms with Gasteiger partial charge in [-0.05, 0) is 24.6 Å². The average Bonchev–Trinajstić information content (AvgIpc) is 3.33. The molecular formula is C20H19F4N5O. The molecule has 0 unspecified atom stereocenters. The van der Waals surface area contributed by atoms with Crippen molar-refractivity contribution in [1.29, 1.82) is 0 Å². The molecule has 158 valence electrons. The van der Waals surface area contributed by atoms with Gasteiger partial charge in [-0.25, -0.2) is 14.4 Å². The van der Waals surface area contributed by atoms with Crippen LogP contribution in [-0.2, 0) is 6.54 Å². The fourth-order valence-corrected chi connectivity index (χ4v) is 2.90. The predicted octanol–water partition coefficient (Wildman–Crippen LogP) is 5.37. The second-order valence-electron chi connectivity index (χ2n) is 6.07. The van der Waals surface area contributed by atoms with Gasteiger partial charge in [-0.3, -0.25) is 0 Å². The topological polar surface area (TPSA) is 82.8 Å². The lowest BCUT2D eigenvalue weighted by Crippen LogP contribution is -2.10. The highest BCUT2D eigenvalue weighted by Crippen LogP contribution is 2.32. The molecule has 0 saturated heterocycles. The van der Waals surface area contributed by atoms with Crippen molar-refractivity contribution in [2.75, 3.05) is 5.73 Å². The van der Waals surface area contributed by atoms with Gasteiger partial charge < -0.3 is 14.7 Å². The lowest BCUT2D eigenvalue weighted by Gasteiger charge is -2.09. The Morgan fingerprint density at radius 2 is 1.97 bits per heavy atom. The summed E-state index contributed by atoms with van der Waals surface area (Å²) in [6, 6.07) is 3.36. The monoisotopic (exact) mass is 421 g/mol. The second-order valence-corrected chi connectivity index (χ2v) is 6.07. The second kappa shape index (κ2) is 8.52. The van der Waals surface area contributed by atoms with Gasteiger partial charge in [0.1, 0.15) is 17.0 Å². The molecule has 3 heterocycles. The normalized spacial score (nSPS) is 14.4. The zero-order valence-corrected chi connectivity index (χ0v) is 16.2. The number of halogens is 4. The van der Waals surface area contributed by atoms with Crippen LogP contribution < -0.4 is 5.73 Å². The van der Waals surface area contributed by atoms with Crippen LogP contribution in [0, 0.1) is 0 Å². The van der Waals surface area contributed by atoms with Gasteiger partial charge in [0.05, 0.1) is 24.7 Å². The van der Waals surface area contributed by atoms with Crippen LogP contribution in [0.1, 0.15) is 20.3 Å². The number of nitrogen functional groups attached to an aromatic ring is 1. The van der Waals surface area contributed by atoms with Crippen LogP contribution in [0.3, 0.4) is 0 Å². The summed E-state index contributed by atoms with van der Waals surface area (Å²) in [7, 11) is 0. The number of allylic oxidation sites excluding steroid dienone is 6. The van der Waals surface area contributed by atoms with Crippen molar-refractivity contribution in [2.45, 2.75) is 33.0 Å². The fraction of sp³-hybridized carbons (Fsp3) is 0.250. The summed E-state index contributed by atoms with van der Waals surface area (Å²) in [6.45, 7) is 3.94. The molecule has 0 spiro atoms. The van der Waals surface area contributed by atoms with E-state index in [0.29, 0.717) is 28.7 Å². The molecule has 30 heavy (non-hydrogen) atoms. The number of alkyl halides is 3. The van der Waals surface area contributed by atoms with E-state index in [1.54, 1.807) is 12.1 Å². The van der Waals surface area contributed by atoms with Crippen molar-refractivity contribution in [1.82, 2.24) is 19.5 Å². The zero-order chi connectivity index (χ0) is 21.9. The summed E-state index contributed by atoms with van der Waals surface area (Å²) in [6.07, 6.45) is 1.05. The summed E-state index contributed by atoms with van der Waals surface area (Å²) in [5.41, 5.74) is 5.93. The maximum Gasteiger partial charge on any atom is 0.416 e. The minimum absolute atomic E-state index is 0.0347. The van der Waals surface area contributed by atoms with Crippen molar-refractivity contribution in [2.24, 2.45) is 0 Å². The van der Waals surface area contributed by atoms with Gasteiger partial charge in [0, 0.05) is 5.57 Å². The Morgan fingerprint density at radius 3 is 2.63 bits per heavy atom. The minimum Gasteiger partial charge on any atom is -0.463 e. The molecule has 1 aliphatic carbocycles. The molecule has 4 rings (SSSR count). The predicted molar refractivity (Wildman–Crippen MR) is 105 cm³/mol. The Bertz CT molecular complexity index is 1120. The molecule has 0 fully saturated rings. The van der Waals surface area contributed by atoms with Gasteiger partial charge in [-0.1, -0.05) is 26.0 Å². The highest BCUT2D eigenvalue weighted by molar-refractivity contribution is 5.86. The summed E-state index contributed by atoms with van der Waals surface area (Å²) >= 11 is 0. The number of hydrogen-bond donors (Lipinski definition) is 1. The van der Waals surface area contributed by atoms with Crippen molar-refractivity contribution in [3.05, 3.63) is 59.9 Å². The molecule has 6 nitrogen and oxygen atoms in total. The van der Waals surface area contributed by atoms with Crippen molar-refractivity contribution < 1.29 is 22.0 Å². The van der Waals surface area contributed by atoms with Crippen LogP contribution in [0.25, 0.3) is 22.6 Å². The van der Waals surface area contributed by atoms with Gasteiger partial charge >= 0.3 is 6.18 Å². The van der Waals surface area contributed by atoms with E-state index in [2.05, 4.69) is 15.0 Å². The molecule has 0 aliphatic heterocycles. The number of aromatic nitrogens is 4. The molecule has 0 bridgehead atoms. The van der Waals surface area contributed by atoms with Crippen molar-refractivity contribution in [3.8, 4) is 11.5 Å². The summed E-state index contributed by atoms with van der Waals surface area (Å²) in [4.78, 5) is 12.5. The maximum absolute atomic E-state index is 14.4. The molecule has 2 N–H and O–H groups in total. The third-order valence-electron chi connectivity index (χ3n) is 4.19. The largest absolute Gasteiger partial charge is 0.463 e. The van der Waals surface area contributed by atoms with Crippen LogP contribution >= 0.6 is 0 Å². The first-order valence-electron chi connectivity index (χ1n) is 9.19. The van der Waals surface area contributed by atoms with Crippen LogP contribution in [0.2, 0.25) is 0 Å². The standard InChI is InChI=1S/C18H13F4N5O.C2H6/c19-12-7-11(18(20,21)22)4-1-3-10(12)8-27-9-24-15-14(13-5-2-6-28-13)25-17(23)26-16(15)27;1-2/h2-7,9H,1,8H2,(H2,23,25,26);1-2H3. The number of fused-ring (bicyclic) bond motifs is 1. The Kier molecular flexibility index (Phi) is 6.04. The molecule has 0 aromatic carbocycles. The molecule has 0 saturated carbocycles. The van der Waals surface area contributed by atoms with Crippen LogP contribution in [0.15, 0.2) is 64.3 Å². The minimum atomic E-state index is -4.61. The van der Waals surface area contributed by atoms with Crippen molar-refractivity contribution in [3.63, 3.8) is 0 Å². The summed E-state index contributed by atoms with van der Waals surface area (Å²) < 4.78 is 59.9. The molecular weight excluding hydrogens is 402 g/mol. The number of nitrogens with zero attached hydrogens (tertiary/aromatic N) is 4. The van der Waals surface area contributed by atoms with E-state index in [4.69, 9.17) is 10.2 Å². The summed E-state index contributed by atoms with van der Waals surface area (Å²) in [5, 5.41) is 0. The lowest BCUT2D eigenvalue weighted by molar-refractivity contribution is -0.0885. The fourth-order valence-electron chi connectivity index (χ4n) is 2.90. The third kappa shape index (κ3) is 4.27. The molecule has 0 amide bonds.